The minimum Gasteiger partial charge on any atom is -0.366 e. The molecule has 6 heteroatoms. The number of nitrogens with zero attached hydrogens (tertiary/aromatic N) is 3. The van der Waals surface area contributed by atoms with Crippen molar-refractivity contribution in [3.8, 4) is 11.4 Å². The first-order valence-corrected chi connectivity index (χ1v) is 9.66. The van der Waals surface area contributed by atoms with Crippen molar-refractivity contribution in [2.75, 3.05) is 5.32 Å². The molecule has 1 amide bonds. The maximum absolute atomic E-state index is 12.8. The van der Waals surface area contributed by atoms with E-state index < -0.39 is 0 Å². The lowest BCUT2D eigenvalue weighted by Gasteiger charge is -2.13. The number of benzene rings is 1. The normalized spacial score (nSPS) is 14.0. The van der Waals surface area contributed by atoms with Gasteiger partial charge < -0.3 is 10.6 Å². The molecule has 2 N–H and O–H groups in total. The third-order valence-electron chi connectivity index (χ3n) is 4.88. The minimum absolute atomic E-state index is 0.143. The Morgan fingerprint density at radius 2 is 1.86 bits per heavy atom. The second-order valence-corrected chi connectivity index (χ2v) is 7.00. The molecular weight excluding hydrogens is 350 g/mol. The van der Waals surface area contributed by atoms with Gasteiger partial charge in [0.1, 0.15) is 11.5 Å². The third kappa shape index (κ3) is 4.52. The van der Waals surface area contributed by atoms with E-state index in [1.165, 1.54) is 12.8 Å². The van der Waals surface area contributed by atoms with Crippen LogP contribution in [0.3, 0.4) is 0 Å². The van der Waals surface area contributed by atoms with Gasteiger partial charge in [0, 0.05) is 36.6 Å². The Balaban J connectivity index is 1.59. The highest BCUT2D eigenvalue weighted by molar-refractivity contribution is 5.93. The van der Waals surface area contributed by atoms with E-state index in [2.05, 4.69) is 25.6 Å². The fraction of sp³-hybridized carbons (Fsp3) is 0.273. The summed E-state index contributed by atoms with van der Waals surface area (Å²) >= 11 is 0. The highest BCUT2D eigenvalue weighted by Crippen LogP contribution is 2.20. The van der Waals surface area contributed by atoms with Crippen molar-refractivity contribution >= 4 is 11.7 Å². The molecule has 0 radical (unpaired) electrons. The zero-order chi connectivity index (χ0) is 19.2. The van der Waals surface area contributed by atoms with Crippen LogP contribution in [0.15, 0.2) is 60.9 Å². The number of carbonyl (C=O) groups excluding carboxylic acids is 1. The fourth-order valence-electron chi connectivity index (χ4n) is 3.40. The molecule has 1 aromatic carbocycles. The maximum Gasteiger partial charge on any atom is 0.270 e. The number of amides is 1. The number of hydrogen-bond acceptors (Lipinski definition) is 5. The summed E-state index contributed by atoms with van der Waals surface area (Å²) in [5, 5.41) is 6.40. The van der Waals surface area contributed by atoms with Crippen LogP contribution >= 0.6 is 0 Å². The molecule has 0 spiro atoms. The SMILES string of the molecule is O=C(NC1CCCC1)c1cc(NCc2cccnc2)nc(-c2ccccc2)n1. The summed E-state index contributed by atoms with van der Waals surface area (Å²) in [5.74, 6) is 1.01. The summed E-state index contributed by atoms with van der Waals surface area (Å²) in [6.45, 7) is 0.572. The average Bonchev–Trinajstić information content (AvgIpc) is 3.26. The molecule has 1 aliphatic rings. The summed E-state index contributed by atoms with van der Waals surface area (Å²) in [5.41, 5.74) is 2.30. The zero-order valence-electron chi connectivity index (χ0n) is 15.6. The predicted octanol–water partition coefficient (Wildman–Crippen LogP) is 3.82. The fourth-order valence-corrected chi connectivity index (χ4v) is 3.40. The van der Waals surface area contributed by atoms with Gasteiger partial charge >= 0.3 is 0 Å². The monoisotopic (exact) mass is 373 g/mol. The van der Waals surface area contributed by atoms with E-state index in [1.54, 1.807) is 18.5 Å². The second kappa shape index (κ2) is 8.61. The van der Waals surface area contributed by atoms with Gasteiger partial charge in [0.15, 0.2) is 5.82 Å². The van der Waals surface area contributed by atoms with E-state index >= 15 is 0 Å². The smallest absolute Gasteiger partial charge is 0.270 e. The predicted molar refractivity (Wildman–Crippen MR) is 109 cm³/mol. The molecule has 0 unspecified atom stereocenters. The number of nitrogens with one attached hydrogen (secondary N) is 2. The molecule has 4 rings (SSSR count). The van der Waals surface area contributed by atoms with Gasteiger partial charge in [-0.2, -0.15) is 0 Å². The Kier molecular flexibility index (Phi) is 5.56. The first-order chi connectivity index (χ1) is 13.8. The molecule has 3 aromatic rings. The number of hydrogen-bond donors (Lipinski definition) is 2. The molecule has 0 aliphatic heterocycles. The molecule has 1 fully saturated rings. The molecule has 0 saturated heterocycles. The minimum atomic E-state index is -0.143. The second-order valence-electron chi connectivity index (χ2n) is 7.00. The Morgan fingerprint density at radius 3 is 2.61 bits per heavy atom. The Morgan fingerprint density at radius 1 is 1.04 bits per heavy atom. The molecule has 1 saturated carbocycles. The average molecular weight is 373 g/mol. The Bertz CT molecular complexity index is 924. The lowest BCUT2D eigenvalue weighted by atomic mass is 10.2. The molecule has 28 heavy (non-hydrogen) atoms. The standard InChI is InChI=1S/C22H23N5O/c28-22(25-18-10-4-5-11-18)19-13-20(24-15-16-7-6-12-23-14-16)27-21(26-19)17-8-2-1-3-9-17/h1-3,6-9,12-14,18H,4-5,10-11,15H2,(H,25,28)(H,24,26,27). The lowest BCUT2D eigenvalue weighted by molar-refractivity contribution is 0.0933. The van der Waals surface area contributed by atoms with Crippen molar-refractivity contribution in [1.82, 2.24) is 20.3 Å². The zero-order valence-corrected chi connectivity index (χ0v) is 15.6. The van der Waals surface area contributed by atoms with Crippen LogP contribution in [0, 0.1) is 0 Å². The molecular formula is C22H23N5O. The van der Waals surface area contributed by atoms with Crippen LogP contribution in [-0.4, -0.2) is 26.9 Å². The lowest BCUT2D eigenvalue weighted by Crippen LogP contribution is -2.33. The van der Waals surface area contributed by atoms with Gasteiger partial charge in [-0.05, 0) is 24.5 Å². The van der Waals surface area contributed by atoms with Crippen LogP contribution in [0.1, 0.15) is 41.7 Å². The van der Waals surface area contributed by atoms with Crippen molar-refractivity contribution in [1.29, 1.82) is 0 Å². The van der Waals surface area contributed by atoms with Crippen LogP contribution in [0.2, 0.25) is 0 Å². The van der Waals surface area contributed by atoms with E-state index in [0.29, 0.717) is 23.9 Å². The molecule has 2 aromatic heterocycles. The molecule has 2 heterocycles. The largest absolute Gasteiger partial charge is 0.366 e. The van der Waals surface area contributed by atoms with Crippen LogP contribution in [0.25, 0.3) is 11.4 Å². The van der Waals surface area contributed by atoms with Crippen LogP contribution in [0.4, 0.5) is 5.82 Å². The van der Waals surface area contributed by atoms with E-state index in [4.69, 9.17) is 0 Å². The van der Waals surface area contributed by atoms with Crippen molar-refractivity contribution in [3.05, 3.63) is 72.2 Å². The van der Waals surface area contributed by atoms with Gasteiger partial charge in [-0.1, -0.05) is 49.2 Å². The summed E-state index contributed by atoms with van der Waals surface area (Å²) in [7, 11) is 0. The van der Waals surface area contributed by atoms with E-state index in [-0.39, 0.29) is 11.9 Å². The number of aromatic nitrogens is 3. The quantitative estimate of drug-likeness (QED) is 0.687. The third-order valence-corrected chi connectivity index (χ3v) is 4.88. The Labute approximate surface area is 164 Å². The first-order valence-electron chi connectivity index (χ1n) is 9.66. The number of pyridine rings is 1. The van der Waals surface area contributed by atoms with Crippen molar-refractivity contribution in [2.45, 2.75) is 38.3 Å². The molecule has 142 valence electrons. The van der Waals surface area contributed by atoms with E-state index in [0.717, 1.165) is 24.0 Å². The molecule has 0 atom stereocenters. The van der Waals surface area contributed by atoms with E-state index in [9.17, 15) is 4.79 Å². The van der Waals surface area contributed by atoms with Crippen LogP contribution in [-0.2, 0) is 6.54 Å². The van der Waals surface area contributed by atoms with E-state index in [1.807, 2.05) is 42.5 Å². The summed E-state index contributed by atoms with van der Waals surface area (Å²) in [4.78, 5) is 26.0. The summed E-state index contributed by atoms with van der Waals surface area (Å²) in [6, 6.07) is 15.6. The molecule has 0 bridgehead atoms. The van der Waals surface area contributed by atoms with Crippen molar-refractivity contribution < 1.29 is 4.79 Å². The van der Waals surface area contributed by atoms with Crippen molar-refractivity contribution in [3.63, 3.8) is 0 Å². The number of rotatable bonds is 6. The highest BCUT2D eigenvalue weighted by Gasteiger charge is 2.20. The first kappa shape index (κ1) is 18.1. The molecule has 6 nitrogen and oxygen atoms in total. The molecule has 1 aliphatic carbocycles. The van der Waals surface area contributed by atoms with Gasteiger partial charge in [0.2, 0.25) is 0 Å². The number of carbonyl (C=O) groups is 1. The van der Waals surface area contributed by atoms with Gasteiger partial charge in [-0.15, -0.1) is 0 Å². The van der Waals surface area contributed by atoms with Gasteiger partial charge in [-0.25, -0.2) is 9.97 Å². The van der Waals surface area contributed by atoms with Crippen LogP contribution < -0.4 is 10.6 Å². The van der Waals surface area contributed by atoms with Crippen LogP contribution in [0.5, 0.6) is 0 Å². The van der Waals surface area contributed by atoms with Gasteiger partial charge in [0.05, 0.1) is 0 Å². The Hall–Kier alpha value is -3.28. The summed E-state index contributed by atoms with van der Waals surface area (Å²) < 4.78 is 0. The highest BCUT2D eigenvalue weighted by atomic mass is 16.1. The summed E-state index contributed by atoms with van der Waals surface area (Å²) in [6.07, 6.45) is 7.96. The topological polar surface area (TPSA) is 79.8 Å². The van der Waals surface area contributed by atoms with Gasteiger partial charge in [-0.3, -0.25) is 9.78 Å². The van der Waals surface area contributed by atoms with Gasteiger partial charge in [0.25, 0.3) is 5.91 Å². The number of anilines is 1. The maximum atomic E-state index is 12.8. The van der Waals surface area contributed by atoms with Crippen molar-refractivity contribution in [2.24, 2.45) is 0 Å².